The van der Waals surface area contributed by atoms with Crippen LogP contribution in [0.5, 0.6) is 34.5 Å². The number of carbonyl (C=O) groups excluding carboxylic acids is 4. The van der Waals surface area contributed by atoms with E-state index in [0.29, 0.717) is 24.3 Å². The fourth-order valence-electron chi connectivity index (χ4n) is 10.2. The van der Waals surface area contributed by atoms with Gasteiger partial charge >= 0.3 is 17.9 Å². The Labute approximate surface area is 600 Å². The number of hydrogen-bond donors (Lipinski definition) is 3. The average Bonchev–Trinajstić information content (AvgIpc) is 0.835. The molecule has 18 nitrogen and oxygen atoms in total. The minimum atomic E-state index is -0.770. The van der Waals surface area contributed by atoms with Gasteiger partial charge in [-0.2, -0.15) is 0 Å². The van der Waals surface area contributed by atoms with Gasteiger partial charge in [-0.05, 0) is 187 Å². The van der Waals surface area contributed by atoms with Crippen LogP contribution in [0, 0.1) is 0 Å². The maximum atomic E-state index is 12.4. The van der Waals surface area contributed by atoms with E-state index >= 15 is 0 Å². The molecule has 0 fully saturated rings. The maximum Gasteiger partial charge on any atom is 0.330 e. The zero-order chi connectivity index (χ0) is 74.3. The molecule has 2 heterocycles. The number of allylic oxidation sites excluding steroid dienone is 1. The Kier molecular flexibility index (Phi) is 34.8. The van der Waals surface area contributed by atoms with Gasteiger partial charge in [0.05, 0.1) is 92.1 Å². The molecular formula is C84H96N4O14. The lowest BCUT2D eigenvalue weighted by molar-refractivity contribution is -0.141. The third-order valence-corrected chi connectivity index (χ3v) is 16.4. The molecule has 1 amide bonds. The number of ether oxygens (including phenoxy) is 8. The van der Waals surface area contributed by atoms with E-state index in [4.69, 9.17) is 33.5 Å². The Morgan fingerprint density at radius 1 is 0.412 bits per heavy atom. The molecular weight excluding hydrogens is 1290 g/mol. The number of amides is 1. The summed E-state index contributed by atoms with van der Waals surface area (Å²) in [6, 6.07) is 65.9. The van der Waals surface area contributed by atoms with Gasteiger partial charge in [0.15, 0.2) is 5.78 Å². The van der Waals surface area contributed by atoms with Crippen molar-refractivity contribution in [2.45, 2.75) is 90.9 Å². The van der Waals surface area contributed by atoms with E-state index in [1.807, 2.05) is 179 Å². The quantitative estimate of drug-likeness (QED) is 0.0290. The summed E-state index contributed by atoms with van der Waals surface area (Å²) in [6.45, 7) is 12.5. The molecule has 536 valence electrons. The van der Waals surface area contributed by atoms with Gasteiger partial charge in [0.1, 0.15) is 34.5 Å². The van der Waals surface area contributed by atoms with Gasteiger partial charge in [-0.3, -0.25) is 29.1 Å². The number of nitrogens with one attached hydrogen (secondary N) is 2. The number of benzene rings is 8. The first-order valence-corrected chi connectivity index (χ1v) is 33.3. The number of anilines is 2. The summed E-state index contributed by atoms with van der Waals surface area (Å²) in [6.07, 6.45) is 7.08. The van der Waals surface area contributed by atoms with Crippen LogP contribution in [-0.2, 0) is 28.7 Å². The number of fused-ring (bicyclic) bond motifs is 2. The summed E-state index contributed by atoms with van der Waals surface area (Å²) in [5, 5.41) is 17.3. The lowest BCUT2D eigenvalue weighted by Gasteiger charge is -2.14. The average molecular weight is 1390 g/mol. The second kappa shape index (κ2) is 43.8. The number of Topliss-reactive ketones (excluding diaryl/α,β-unsaturated/α-hetero) is 1. The Hall–Kier alpha value is -11.5. The molecule has 0 aliphatic carbocycles. The Morgan fingerprint density at radius 3 is 1.15 bits per heavy atom. The van der Waals surface area contributed by atoms with Crippen LogP contribution in [0.4, 0.5) is 11.4 Å². The van der Waals surface area contributed by atoms with E-state index < -0.39 is 5.97 Å². The van der Waals surface area contributed by atoms with Crippen molar-refractivity contribution in [1.82, 2.24) is 9.97 Å². The summed E-state index contributed by atoms with van der Waals surface area (Å²) in [4.78, 5) is 64.6. The van der Waals surface area contributed by atoms with Crippen molar-refractivity contribution in [3.63, 3.8) is 0 Å². The lowest BCUT2D eigenvalue weighted by Crippen LogP contribution is -2.14. The van der Waals surface area contributed by atoms with Crippen molar-refractivity contribution in [2.75, 3.05) is 74.1 Å². The maximum absolute atomic E-state index is 12.4. The van der Waals surface area contributed by atoms with E-state index in [0.717, 1.165) is 103 Å². The topological polar surface area (TPSA) is 229 Å². The summed E-state index contributed by atoms with van der Waals surface area (Å²) >= 11 is 0. The number of aliphatic carboxylic acids is 1. The number of rotatable bonds is 24. The van der Waals surface area contributed by atoms with Crippen LogP contribution < -0.4 is 39.1 Å². The number of hydrogen-bond acceptors (Lipinski definition) is 16. The summed E-state index contributed by atoms with van der Waals surface area (Å²) in [5.41, 5.74) is 10.8. The van der Waals surface area contributed by atoms with Crippen LogP contribution >= 0.6 is 0 Å². The highest BCUT2D eigenvalue weighted by Crippen LogP contribution is 2.29. The Morgan fingerprint density at radius 2 is 0.765 bits per heavy atom. The summed E-state index contributed by atoms with van der Waals surface area (Å²) in [5.74, 6) is 4.49. The number of carbonyl (C=O) groups is 5. The minimum absolute atomic E-state index is 0.0172. The molecule has 0 bridgehead atoms. The van der Waals surface area contributed by atoms with Crippen molar-refractivity contribution in [1.29, 1.82) is 0 Å². The monoisotopic (exact) mass is 1380 g/mol. The van der Waals surface area contributed by atoms with E-state index in [2.05, 4.69) is 73.4 Å². The standard InChI is InChI=1S/C20H20N2O2.C20H22N2O.C12H16O3.C12H14O3.C11H14O3.C9H10O2/c1-14(15-8-10-17(24-2)11-9-15)13-19(23)22-18-7-3-5-16-6-4-12-21-20(16)18;1-15(16-8-10-18(23-2)11-9-16)12-14-21-19-7-3-5-17-6-4-13-22-20(17)19;2*1-9(8-12(13)15-3)10-4-6-11(14-2)7-5-10;1-8(7-11(12)13)9-3-5-10(14-2)6-4-9;1-7(10)8-3-5-9(11-2)6-4-8/h3-12,14H,13H2,1-2H3,(H,22,23);3-11,13,15,21H,12,14H2,1-2H3;4-7,9H,8H2,1-3H3;4-8H,1-3H3;3-6,8H,7H2,1-2H3,(H,12,13);3-6H,1-2H3/b;;;9-8+;;. The molecule has 4 atom stereocenters. The van der Waals surface area contributed by atoms with Crippen LogP contribution in [-0.4, -0.2) is 108 Å². The number of methoxy groups -OCH3 is 8. The molecule has 0 saturated heterocycles. The Balaban J connectivity index is 0.000000225. The molecule has 8 aromatic carbocycles. The van der Waals surface area contributed by atoms with E-state index in [1.54, 1.807) is 80.0 Å². The number of nitrogens with zero attached hydrogens (tertiary/aromatic N) is 2. The SMILES string of the molecule is COC(=O)/C=C(\C)c1ccc(OC)cc1.COC(=O)CC(C)c1ccc(OC)cc1.COc1ccc(C(C)=O)cc1.COc1ccc(C(C)CC(=O)Nc2cccc3cccnc23)cc1.COc1ccc(C(C)CC(=O)O)cc1.COc1ccc(C(C)CCNc2cccc3cccnc23)cc1. The molecule has 10 aromatic rings. The van der Waals surface area contributed by atoms with Crippen LogP contribution in [0.3, 0.4) is 0 Å². The second-order valence-electron chi connectivity index (χ2n) is 23.7. The summed E-state index contributed by atoms with van der Waals surface area (Å²) < 4.78 is 39.6. The van der Waals surface area contributed by atoms with Gasteiger partial charge in [0, 0.05) is 47.8 Å². The fourth-order valence-corrected chi connectivity index (χ4v) is 10.2. The normalized spacial score (nSPS) is 11.6. The molecule has 0 saturated carbocycles. The predicted octanol–water partition coefficient (Wildman–Crippen LogP) is 18.0. The molecule has 4 unspecified atom stereocenters. The van der Waals surface area contributed by atoms with Crippen LogP contribution in [0.25, 0.3) is 27.4 Å². The lowest BCUT2D eigenvalue weighted by atomic mass is 9.97. The molecule has 18 heteroatoms. The number of carboxylic acids is 1. The van der Waals surface area contributed by atoms with E-state index in [9.17, 15) is 24.0 Å². The third-order valence-electron chi connectivity index (χ3n) is 16.4. The number of para-hydroxylation sites is 2. The summed E-state index contributed by atoms with van der Waals surface area (Å²) in [7, 11) is 12.6. The smallest absolute Gasteiger partial charge is 0.330 e. The molecule has 0 radical (unpaired) electrons. The molecule has 3 N–H and O–H groups in total. The van der Waals surface area contributed by atoms with Crippen molar-refractivity contribution in [3.8, 4) is 34.5 Å². The molecule has 0 aliphatic rings. The van der Waals surface area contributed by atoms with Gasteiger partial charge in [-0.1, -0.05) is 125 Å². The zero-order valence-corrected chi connectivity index (χ0v) is 60.9. The highest BCUT2D eigenvalue weighted by molar-refractivity contribution is 6.00. The minimum Gasteiger partial charge on any atom is -0.497 e. The highest BCUT2D eigenvalue weighted by atomic mass is 16.5. The van der Waals surface area contributed by atoms with E-state index in [1.165, 1.54) is 31.2 Å². The van der Waals surface area contributed by atoms with Gasteiger partial charge in [-0.25, -0.2) is 4.79 Å². The highest BCUT2D eigenvalue weighted by Gasteiger charge is 2.15. The van der Waals surface area contributed by atoms with Crippen LogP contribution in [0.15, 0.2) is 225 Å². The molecule has 10 rings (SSSR count). The van der Waals surface area contributed by atoms with Gasteiger partial charge in [0.2, 0.25) is 5.91 Å². The van der Waals surface area contributed by atoms with Crippen LogP contribution in [0.2, 0.25) is 0 Å². The first kappa shape index (κ1) is 81.1. The fraction of sp³-hybridized carbons (Fsp3) is 0.274. The number of esters is 2. The molecule has 102 heavy (non-hydrogen) atoms. The van der Waals surface area contributed by atoms with Crippen LogP contribution in [0.1, 0.15) is 129 Å². The molecule has 2 aromatic heterocycles. The Bertz CT molecular complexity index is 4190. The number of ketones is 1. The van der Waals surface area contributed by atoms with Crippen molar-refractivity contribution >= 4 is 68.4 Å². The van der Waals surface area contributed by atoms with Crippen molar-refractivity contribution in [3.05, 3.63) is 258 Å². The van der Waals surface area contributed by atoms with Gasteiger partial charge in [-0.15, -0.1) is 0 Å². The predicted molar refractivity (Wildman–Crippen MR) is 406 cm³/mol. The number of pyridine rings is 2. The third kappa shape index (κ3) is 27.6. The first-order chi connectivity index (χ1) is 49.1. The second-order valence-corrected chi connectivity index (χ2v) is 23.7. The first-order valence-electron chi connectivity index (χ1n) is 33.3. The van der Waals surface area contributed by atoms with Gasteiger partial charge < -0.3 is 53.6 Å². The zero-order valence-electron chi connectivity index (χ0n) is 60.9. The van der Waals surface area contributed by atoms with E-state index in [-0.39, 0.29) is 47.8 Å². The largest absolute Gasteiger partial charge is 0.497 e. The molecule has 0 aliphatic heterocycles. The van der Waals surface area contributed by atoms with Crippen molar-refractivity contribution in [2.24, 2.45) is 0 Å². The number of aromatic nitrogens is 2. The number of carboxylic acid groups (broad SMARTS) is 1. The van der Waals surface area contributed by atoms with Crippen molar-refractivity contribution < 1.29 is 67.0 Å². The van der Waals surface area contributed by atoms with Gasteiger partial charge in [0.25, 0.3) is 0 Å². The molecule has 0 spiro atoms.